The van der Waals surface area contributed by atoms with E-state index in [0.717, 1.165) is 17.9 Å². The molecule has 0 spiro atoms. The average molecular weight is 299 g/mol. The Bertz CT molecular complexity index is 473. The highest BCUT2D eigenvalue weighted by Crippen LogP contribution is 2.31. The quantitative estimate of drug-likeness (QED) is 0.896. The van der Waals surface area contributed by atoms with E-state index in [1.165, 1.54) is 21.8 Å². The molecule has 104 valence electrons. The summed E-state index contributed by atoms with van der Waals surface area (Å²) >= 11 is 3.36. The highest BCUT2D eigenvalue weighted by molar-refractivity contribution is 7.98. The maximum Gasteiger partial charge on any atom is 0.326 e. The summed E-state index contributed by atoms with van der Waals surface area (Å²) in [5.74, 6) is 0.654. The number of thiophene rings is 1. The molecule has 1 aromatic heterocycles. The minimum Gasteiger partial charge on any atom is -0.480 e. The molecule has 4 nitrogen and oxygen atoms in total. The first kappa shape index (κ1) is 14.4. The van der Waals surface area contributed by atoms with Crippen LogP contribution < -0.4 is 5.32 Å². The molecule has 6 heteroatoms. The molecule has 1 atom stereocenters. The van der Waals surface area contributed by atoms with Gasteiger partial charge in [0.1, 0.15) is 6.04 Å². The maximum atomic E-state index is 12.1. The van der Waals surface area contributed by atoms with Gasteiger partial charge in [-0.1, -0.05) is 13.8 Å². The number of rotatable bonds is 4. The summed E-state index contributed by atoms with van der Waals surface area (Å²) in [6.45, 7) is 3.57. The molecule has 0 bridgehead atoms. The zero-order valence-corrected chi connectivity index (χ0v) is 12.6. The van der Waals surface area contributed by atoms with E-state index in [4.69, 9.17) is 5.11 Å². The Morgan fingerprint density at radius 1 is 1.42 bits per heavy atom. The van der Waals surface area contributed by atoms with Gasteiger partial charge in [0.2, 0.25) is 0 Å². The minimum absolute atomic E-state index is 0.133. The molecule has 2 rings (SSSR count). The van der Waals surface area contributed by atoms with Crippen LogP contribution in [0.2, 0.25) is 0 Å². The molecule has 1 aliphatic rings. The van der Waals surface area contributed by atoms with E-state index in [0.29, 0.717) is 4.88 Å². The Balaban J connectivity index is 2.11. The Morgan fingerprint density at radius 2 is 2.16 bits per heavy atom. The van der Waals surface area contributed by atoms with E-state index in [1.54, 1.807) is 13.8 Å². The van der Waals surface area contributed by atoms with Crippen LogP contribution in [0.4, 0.5) is 0 Å². The lowest BCUT2D eigenvalue weighted by molar-refractivity contribution is -0.140. The van der Waals surface area contributed by atoms with Gasteiger partial charge in [0.05, 0.1) is 4.88 Å². The van der Waals surface area contributed by atoms with Crippen LogP contribution in [0.1, 0.15) is 34.0 Å². The Kier molecular flexibility index (Phi) is 4.52. The minimum atomic E-state index is -0.986. The fourth-order valence-corrected chi connectivity index (χ4v) is 4.26. The largest absolute Gasteiger partial charge is 0.480 e. The molecule has 0 saturated carbocycles. The summed E-state index contributed by atoms with van der Waals surface area (Å²) in [5, 5.41) is 11.7. The lowest BCUT2D eigenvalue weighted by Gasteiger charge is -2.17. The van der Waals surface area contributed by atoms with Crippen molar-refractivity contribution in [3.63, 3.8) is 0 Å². The molecular formula is C13H17NO3S2. The predicted molar refractivity (Wildman–Crippen MR) is 77.9 cm³/mol. The van der Waals surface area contributed by atoms with Crippen molar-refractivity contribution in [1.82, 2.24) is 5.32 Å². The van der Waals surface area contributed by atoms with E-state index in [2.05, 4.69) is 5.32 Å². The van der Waals surface area contributed by atoms with Crippen molar-refractivity contribution in [1.29, 1.82) is 0 Å². The van der Waals surface area contributed by atoms with E-state index in [1.807, 2.05) is 17.8 Å². The van der Waals surface area contributed by atoms with Crippen LogP contribution in [-0.4, -0.2) is 28.8 Å². The molecule has 0 radical (unpaired) electrons. The first-order valence-electron chi connectivity index (χ1n) is 6.22. The monoisotopic (exact) mass is 299 g/mol. The maximum absolute atomic E-state index is 12.1. The number of aliphatic carboxylic acids is 1. The van der Waals surface area contributed by atoms with E-state index < -0.39 is 12.0 Å². The highest BCUT2D eigenvalue weighted by atomic mass is 32.2. The van der Waals surface area contributed by atoms with Gasteiger partial charge < -0.3 is 10.4 Å². The fourth-order valence-electron chi connectivity index (χ4n) is 1.99. The third kappa shape index (κ3) is 3.30. The normalized spacial score (nSPS) is 15.9. The SMILES string of the molecule is CC(C)C(NC(=O)c1cc2c(s1)CCSC2)C(=O)O. The molecule has 0 fully saturated rings. The molecule has 19 heavy (non-hydrogen) atoms. The van der Waals surface area contributed by atoms with Gasteiger partial charge in [-0.25, -0.2) is 4.79 Å². The van der Waals surface area contributed by atoms with E-state index in [9.17, 15) is 9.59 Å². The highest BCUT2D eigenvalue weighted by Gasteiger charge is 2.25. The van der Waals surface area contributed by atoms with Crippen molar-refractivity contribution in [2.24, 2.45) is 5.92 Å². The summed E-state index contributed by atoms with van der Waals surface area (Å²) in [7, 11) is 0. The lowest BCUT2D eigenvalue weighted by atomic mass is 10.0. The number of carbonyl (C=O) groups is 2. The summed E-state index contributed by atoms with van der Waals surface area (Å²) in [6, 6.07) is 1.07. The van der Waals surface area contributed by atoms with Crippen LogP contribution >= 0.6 is 23.1 Å². The van der Waals surface area contributed by atoms with Crippen LogP contribution in [0.5, 0.6) is 0 Å². The summed E-state index contributed by atoms with van der Waals surface area (Å²) in [5.41, 5.74) is 1.22. The molecule has 0 aliphatic carbocycles. The van der Waals surface area contributed by atoms with Crippen molar-refractivity contribution < 1.29 is 14.7 Å². The van der Waals surface area contributed by atoms with Gasteiger partial charge in [0.25, 0.3) is 5.91 Å². The van der Waals surface area contributed by atoms with Gasteiger partial charge in [-0.05, 0) is 29.7 Å². The zero-order chi connectivity index (χ0) is 14.0. The van der Waals surface area contributed by atoms with Crippen LogP contribution in [0.3, 0.4) is 0 Å². The van der Waals surface area contributed by atoms with Gasteiger partial charge in [0, 0.05) is 10.6 Å². The van der Waals surface area contributed by atoms with Gasteiger partial charge in [-0.15, -0.1) is 11.3 Å². The zero-order valence-electron chi connectivity index (χ0n) is 10.9. The predicted octanol–water partition coefficient (Wildman–Crippen LogP) is 2.38. The van der Waals surface area contributed by atoms with Crippen LogP contribution in [-0.2, 0) is 17.0 Å². The molecule has 1 aliphatic heterocycles. The molecule has 1 amide bonds. The fraction of sp³-hybridized carbons (Fsp3) is 0.538. The van der Waals surface area contributed by atoms with Gasteiger partial charge in [-0.2, -0.15) is 11.8 Å². The lowest BCUT2D eigenvalue weighted by Crippen LogP contribution is -2.44. The number of fused-ring (bicyclic) bond motifs is 1. The van der Waals surface area contributed by atoms with E-state index in [-0.39, 0.29) is 11.8 Å². The molecule has 1 aromatic rings. The number of hydrogen-bond acceptors (Lipinski definition) is 4. The van der Waals surface area contributed by atoms with E-state index >= 15 is 0 Å². The smallest absolute Gasteiger partial charge is 0.326 e. The molecule has 0 saturated heterocycles. The molecule has 2 heterocycles. The number of nitrogens with one attached hydrogen (secondary N) is 1. The first-order chi connectivity index (χ1) is 8.99. The second-order valence-electron chi connectivity index (χ2n) is 4.90. The molecule has 2 N–H and O–H groups in total. The van der Waals surface area contributed by atoms with Crippen molar-refractivity contribution in [3.8, 4) is 0 Å². The number of aryl methyl sites for hydroxylation is 1. The average Bonchev–Trinajstić information content (AvgIpc) is 2.78. The Labute approximate surface area is 120 Å². The number of carboxylic acids is 1. The molecule has 1 unspecified atom stereocenters. The number of carbonyl (C=O) groups excluding carboxylic acids is 1. The number of thioether (sulfide) groups is 1. The van der Waals surface area contributed by atoms with Gasteiger partial charge in [0.15, 0.2) is 0 Å². The van der Waals surface area contributed by atoms with Crippen molar-refractivity contribution in [3.05, 3.63) is 21.4 Å². The molecule has 0 aromatic carbocycles. The number of hydrogen-bond donors (Lipinski definition) is 2. The Morgan fingerprint density at radius 3 is 2.74 bits per heavy atom. The summed E-state index contributed by atoms with van der Waals surface area (Å²) in [6.07, 6.45) is 1.00. The Hall–Kier alpha value is -1.01. The number of carboxylic acid groups (broad SMARTS) is 1. The molecular weight excluding hydrogens is 282 g/mol. The second-order valence-corrected chi connectivity index (χ2v) is 7.14. The van der Waals surface area contributed by atoms with Crippen LogP contribution in [0.15, 0.2) is 6.07 Å². The van der Waals surface area contributed by atoms with Crippen molar-refractivity contribution >= 4 is 35.0 Å². The standard InChI is InChI=1S/C13H17NO3S2/c1-7(2)11(13(16)17)14-12(15)10-5-8-6-18-4-3-9(8)19-10/h5,7,11H,3-4,6H2,1-2H3,(H,14,15)(H,16,17). The van der Waals surface area contributed by atoms with Crippen LogP contribution in [0, 0.1) is 5.92 Å². The third-order valence-corrected chi connectivity index (χ3v) is 5.31. The first-order valence-corrected chi connectivity index (χ1v) is 8.19. The van der Waals surface area contributed by atoms with Gasteiger partial charge >= 0.3 is 5.97 Å². The van der Waals surface area contributed by atoms with Crippen molar-refractivity contribution in [2.45, 2.75) is 32.1 Å². The third-order valence-electron chi connectivity index (χ3n) is 3.07. The van der Waals surface area contributed by atoms with Gasteiger partial charge in [-0.3, -0.25) is 4.79 Å². The topological polar surface area (TPSA) is 66.4 Å². The van der Waals surface area contributed by atoms with Crippen LogP contribution in [0.25, 0.3) is 0 Å². The van der Waals surface area contributed by atoms with Crippen molar-refractivity contribution in [2.75, 3.05) is 5.75 Å². The second kappa shape index (κ2) is 5.96. The summed E-state index contributed by atoms with van der Waals surface area (Å²) < 4.78 is 0. The number of amides is 1. The summed E-state index contributed by atoms with van der Waals surface area (Å²) in [4.78, 5) is 25.1.